The zero-order valence-electron chi connectivity index (χ0n) is 15.2. The lowest BCUT2D eigenvalue weighted by molar-refractivity contribution is -0.122. The summed E-state index contributed by atoms with van der Waals surface area (Å²) < 4.78 is 17.2. The number of hydrogen-bond donors (Lipinski definition) is 1. The molecular weight excluding hydrogens is 412 g/mol. The topological polar surface area (TPSA) is 90.9 Å². The fourth-order valence-electron chi connectivity index (χ4n) is 2.91. The van der Waals surface area contributed by atoms with Gasteiger partial charge in [0.15, 0.2) is 11.2 Å². The van der Waals surface area contributed by atoms with Crippen molar-refractivity contribution in [1.82, 2.24) is 24.0 Å². The third kappa shape index (κ3) is 3.43. The minimum Gasteiger partial charge on any atom is -0.348 e. The summed E-state index contributed by atoms with van der Waals surface area (Å²) in [4.78, 5) is 41.5. The lowest BCUT2D eigenvalue weighted by Crippen LogP contribution is -2.43. The molecule has 3 aromatic rings. The summed E-state index contributed by atoms with van der Waals surface area (Å²) in [6.45, 7) is 1.09. The van der Waals surface area contributed by atoms with E-state index in [1.165, 1.54) is 28.6 Å². The minimum atomic E-state index is -0.674. The van der Waals surface area contributed by atoms with Crippen molar-refractivity contribution in [2.45, 2.75) is 19.5 Å². The summed E-state index contributed by atoms with van der Waals surface area (Å²) in [6.07, 6.45) is 1.41. The van der Waals surface area contributed by atoms with Gasteiger partial charge in [-0.25, -0.2) is 18.7 Å². The number of carbonyl (C=O) groups is 1. The number of halogens is 3. The Morgan fingerprint density at radius 1 is 1.25 bits per heavy atom. The van der Waals surface area contributed by atoms with Gasteiger partial charge in [-0.15, -0.1) is 0 Å². The Balaban J connectivity index is 1.90. The maximum atomic E-state index is 13.7. The molecule has 0 fully saturated rings. The van der Waals surface area contributed by atoms with Crippen LogP contribution in [0.1, 0.15) is 18.5 Å². The normalized spacial score (nSPS) is 12.4. The Bertz CT molecular complexity index is 1210. The van der Waals surface area contributed by atoms with Gasteiger partial charge in [0, 0.05) is 19.1 Å². The highest BCUT2D eigenvalue weighted by Gasteiger charge is 2.19. The van der Waals surface area contributed by atoms with E-state index in [9.17, 15) is 18.8 Å². The first kappa shape index (κ1) is 20.1. The van der Waals surface area contributed by atoms with Crippen LogP contribution in [-0.2, 0) is 25.4 Å². The van der Waals surface area contributed by atoms with Crippen LogP contribution in [0.2, 0.25) is 10.0 Å². The van der Waals surface area contributed by atoms with Gasteiger partial charge in [-0.2, -0.15) is 0 Å². The van der Waals surface area contributed by atoms with Crippen LogP contribution in [0, 0.1) is 5.82 Å². The van der Waals surface area contributed by atoms with Gasteiger partial charge < -0.3 is 9.88 Å². The molecule has 148 valence electrons. The highest BCUT2D eigenvalue weighted by molar-refractivity contribution is 6.35. The number of rotatable bonds is 4. The van der Waals surface area contributed by atoms with Gasteiger partial charge in [0.2, 0.25) is 5.91 Å². The van der Waals surface area contributed by atoms with Crippen molar-refractivity contribution in [3.05, 3.63) is 60.7 Å². The molecule has 0 saturated carbocycles. The molecule has 0 aliphatic carbocycles. The van der Waals surface area contributed by atoms with Crippen LogP contribution in [0.3, 0.4) is 0 Å². The average molecular weight is 428 g/mol. The Morgan fingerprint density at radius 2 is 1.93 bits per heavy atom. The van der Waals surface area contributed by atoms with Crippen LogP contribution >= 0.6 is 23.2 Å². The van der Waals surface area contributed by atoms with Crippen molar-refractivity contribution in [2.24, 2.45) is 14.1 Å². The van der Waals surface area contributed by atoms with E-state index in [1.807, 2.05) is 0 Å². The molecule has 3 rings (SSSR count). The largest absolute Gasteiger partial charge is 0.348 e. The molecule has 11 heteroatoms. The van der Waals surface area contributed by atoms with Crippen molar-refractivity contribution in [2.75, 3.05) is 0 Å². The zero-order valence-corrected chi connectivity index (χ0v) is 16.7. The molecule has 2 aromatic heterocycles. The number of benzene rings is 1. The molecular formula is C17H16Cl2FN5O3. The molecule has 0 aliphatic heterocycles. The molecule has 8 nitrogen and oxygen atoms in total. The first-order chi connectivity index (χ1) is 13.1. The number of aryl methyl sites for hydroxylation is 2. The van der Waals surface area contributed by atoms with E-state index < -0.39 is 35.6 Å². The lowest BCUT2D eigenvalue weighted by Gasteiger charge is -2.17. The number of amides is 1. The van der Waals surface area contributed by atoms with Gasteiger partial charge >= 0.3 is 5.69 Å². The molecule has 1 aromatic carbocycles. The Hall–Kier alpha value is -2.65. The molecule has 0 aliphatic rings. The van der Waals surface area contributed by atoms with E-state index in [4.69, 9.17) is 23.2 Å². The Morgan fingerprint density at radius 3 is 2.61 bits per heavy atom. The van der Waals surface area contributed by atoms with Crippen molar-refractivity contribution in [1.29, 1.82) is 0 Å². The monoisotopic (exact) mass is 427 g/mol. The molecule has 0 spiro atoms. The predicted molar refractivity (Wildman–Crippen MR) is 103 cm³/mol. The third-order valence-corrected chi connectivity index (χ3v) is 5.00. The maximum absolute atomic E-state index is 13.7. The number of aromatic nitrogens is 4. The van der Waals surface area contributed by atoms with E-state index in [2.05, 4.69) is 10.3 Å². The number of carbonyl (C=O) groups excluding carboxylic acids is 1. The summed E-state index contributed by atoms with van der Waals surface area (Å²) in [6, 6.07) is 1.70. The molecule has 1 unspecified atom stereocenters. The predicted octanol–water partition coefficient (Wildman–Crippen LogP) is 1.76. The van der Waals surface area contributed by atoms with Crippen LogP contribution in [0.5, 0.6) is 0 Å². The Labute approximate surface area is 168 Å². The third-order valence-electron chi connectivity index (χ3n) is 4.39. The Kier molecular flexibility index (Phi) is 5.31. The summed E-state index contributed by atoms with van der Waals surface area (Å²) in [5, 5.41) is 2.65. The van der Waals surface area contributed by atoms with Crippen LogP contribution in [-0.4, -0.2) is 24.6 Å². The number of fused-ring (bicyclic) bond motifs is 1. The van der Waals surface area contributed by atoms with Crippen molar-refractivity contribution >= 4 is 40.3 Å². The fraction of sp³-hybridized carbons (Fsp3) is 0.294. The SMILES string of the molecule is CC(NC(=O)Cn1c(=O)c2c(ncn2C)n(C)c1=O)c1cc(F)c(Cl)cc1Cl. The van der Waals surface area contributed by atoms with E-state index in [-0.39, 0.29) is 21.2 Å². The standard InChI is InChI=1S/C17H16Cl2FN5O3/c1-8(9-4-12(20)11(19)5-10(9)18)22-13(26)6-25-16(27)14-15(21-7-23(14)2)24(3)17(25)28/h4-5,7-8H,6H2,1-3H3,(H,22,26). The van der Waals surface area contributed by atoms with Gasteiger partial charge in [-0.05, 0) is 24.6 Å². The van der Waals surface area contributed by atoms with Crippen molar-refractivity contribution < 1.29 is 9.18 Å². The van der Waals surface area contributed by atoms with E-state index in [0.29, 0.717) is 5.56 Å². The first-order valence-corrected chi connectivity index (χ1v) is 8.92. The number of nitrogens with one attached hydrogen (secondary N) is 1. The highest BCUT2D eigenvalue weighted by Crippen LogP contribution is 2.28. The highest BCUT2D eigenvalue weighted by atomic mass is 35.5. The van der Waals surface area contributed by atoms with Crippen LogP contribution < -0.4 is 16.6 Å². The lowest BCUT2D eigenvalue weighted by atomic mass is 10.1. The second kappa shape index (κ2) is 7.40. The second-order valence-electron chi connectivity index (χ2n) is 6.34. The first-order valence-electron chi connectivity index (χ1n) is 8.16. The maximum Gasteiger partial charge on any atom is 0.332 e. The average Bonchev–Trinajstić information content (AvgIpc) is 3.01. The van der Waals surface area contributed by atoms with Crippen molar-refractivity contribution in [3.8, 4) is 0 Å². The summed E-state index contributed by atoms with van der Waals surface area (Å²) >= 11 is 11.7. The van der Waals surface area contributed by atoms with E-state index in [0.717, 1.165) is 10.6 Å². The van der Waals surface area contributed by atoms with Gasteiger partial charge in [0.05, 0.1) is 17.4 Å². The van der Waals surface area contributed by atoms with Crippen LogP contribution in [0.4, 0.5) is 4.39 Å². The smallest absolute Gasteiger partial charge is 0.332 e. The van der Waals surface area contributed by atoms with Gasteiger partial charge in [-0.1, -0.05) is 23.2 Å². The van der Waals surface area contributed by atoms with Gasteiger partial charge in [0.25, 0.3) is 5.56 Å². The number of imidazole rings is 1. The fourth-order valence-corrected chi connectivity index (χ4v) is 3.46. The van der Waals surface area contributed by atoms with Crippen LogP contribution in [0.25, 0.3) is 11.2 Å². The molecule has 1 atom stereocenters. The van der Waals surface area contributed by atoms with Crippen LogP contribution in [0.15, 0.2) is 28.0 Å². The molecule has 0 bridgehead atoms. The van der Waals surface area contributed by atoms with Crippen molar-refractivity contribution in [3.63, 3.8) is 0 Å². The zero-order chi connectivity index (χ0) is 20.7. The number of nitrogens with zero attached hydrogens (tertiary/aromatic N) is 4. The second-order valence-corrected chi connectivity index (χ2v) is 7.15. The molecule has 1 N–H and O–H groups in total. The molecule has 2 heterocycles. The molecule has 0 radical (unpaired) electrons. The van der Waals surface area contributed by atoms with E-state index in [1.54, 1.807) is 14.0 Å². The minimum absolute atomic E-state index is 0.133. The summed E-state index contributed by atoms with van der Waals surface area (Å²) in [5.41, 5.74) is -0.554. The number of hydrogen-bond acceptors (Lipinski definition) is 4. The summed E-state index contributed by atoms with van der Waals surface area (Å²) in [5.74, 6) is -1.28. The molecule has 0 saturated heterocycles. The van der Waals surface area contributed by atoms with Gasteiger partial charge in [0.1, 0.15) is 12.4 Å². The molecule has 1 amide bonds. The van der Waals surface area contributed by atoms with E-state index >= 15 is 0 Å². The molecule has 28 heavy (non-hydrogen) atoms. The summed E-state index contributed by atoms with van der Waals surface area (Å²) in [7, 11) is 3.08. The quantitative estimate of drug-likeness (QED) is 0.642. The van der Waals surface area contributed by atoms with Gasteiger partial charge in [-0.3, -0.25) is 14.2 Å².